The second-order valence-corrected chi connectivity index (χ2v) is 11.2. The van der Waals surface area contributed by atoms with Gasteiger partial charge in [-0.15, -0.1) is 0 Å². The number of amides is 1. The van der Waals surface area contributed by atoms with Crippen LogP contribution in [0.2, 0.25) is 0 Å². The maximum atomic E-state index is 17.1. The molecule has 1 fully saturated rings. The molecule has 8 nitrogen and oxygen atoms in total. The van der Waals surface area contributed by atoms with Crippen LogP contribution in [0.1, 0.15) is 43.5 Å². The predicted octanol–water partition coefficient (Wildman–Crippen LogP) is 5.41. The monoisotopic (exact) mass is 589 g/mol. The van der Waals surface area contributed by atoms with E-state index in [1.165, 1.54) is 22.8 Å². The third kappa shape index (κ3) is 4.45. The Balaban J connectivity index is 1.70. The SMILES string of the molecule is C=CC(=O)N1CCN(c2nc(=O)n(-c3c(C)ccnc3C(C)C)c3c(F)c4c(cc23)OCc2ccc(F)c(F)c2-4)[C@@H](C)C1. The lowest BCUT2D eigenvalue weighted by atomic mass is 9.93. The highest BCUT2D eigenvalue weighted by molar-refractivity contribution is 5.98. The number of fused-ring (bicyclic) bond motifs is 4. The van der Waals surface area contributed by atoms with Crippen molar-refractivity contribution in [2.24, 2.45) is 0 Å². The average molecular weight is 590 g/mol. The number of benzene rings is 2. The van der Waals surface area contributed by atoms with Crippen LogP contribution < -0.4 is 15.3 Å². The number of hydrogen-bond acceptors (Lipinski definition) is 6. The number of pyridine rings is 1. The summed E-state index contributed by atoms with van der Waals surface area (Å²) in [6, 6.07) is 5.30. The van der Waals surface area contributed by atoms with Crippen molar-refractivity contribution < 1.29 is 22.7 Å². The number of rotatable bonds is 4. The highest BCUT2D eigenvalue weighted by atomic mass is 19.2. The Morgan fingerprint density at radius 3 is 2.60 bits per heavy atom. The highest BCUT2D eigenvalue weighted by Crippen LogP contribution is 2.46. The number of halogens is 3. The zero-order valence-corrected chi connectivity index (χ0v) is 24.2. The molecule has 6 rings (SSSR count). The Bertz CT molecular complexity index is 1890. The Morgan fingerprint density at radius 1 is 1.14 bits per heavy atom. The normalized spacial score (nSPS) is 16.2. The van der Waals surface area contributed by atoms with E-state index in [0.717, 1.165) is 6.07 Å². The fourth-order valence-electron chi connectivity index (χ4n) is 6.10. The number of carbonyl (C=O) groups is 1. The molecular formula is C32H30F3N5O3. The van der Waals surface area contributed by atoms with Crippen molar-refractivity contribution in [1.82, 2.24) is 19.4 Å². The van der Waals surface area contributed by atoms with E-state index in [1.807, 2.05) is 25.7 Å². The van der Waals surface area contributed by atoms with Gasteiger partial charge in [-0.05, 0) is 49.6 Å². The van der Waals surface area contributed by atoms with E-state index in [-0.39, 0.29) is 63.6 Å². The topological polar surface area (TPSA) is 80.6 Å². The molecule has 0 saturated carbocycles. The zero-order chi connectivity index (χ0) is 30.7. The summed E-state index contributed by atoms with van der Waals surface area (Å²) < 4.78 is 54.0. The van der Waals surface area contributed by atoms with Gasteiger partial charge < -0.3 is 14.5 Å². The number of nitrogens with zero attached hydrogens (tertiary/aromatic N) is 5. The molecule has 1 saturated heterocycles. The van der Waals surface area contributed by atoms with Crippen molar-refractivity contribution >= 4 is 22.6 Å². The fourth-order valence-corrected chi connectivity index (χ4v) is 6.10. The lowest BCUT2D eigenvalue weighted by Crippen LogP contribution is -2.54. The maximum Gasteiger partial charge on any atom is 0.354 e. The lowest BCUT2D eigenvalue weighted by Gasteiger charge is -2.40. The smallest absolute Gasteiger partial charge is 0.354 e. The van der Waals surface area contributed by atoms with Crippen LogP contribution in [0.25, 0.3) is 27.7 Å². The number of aromatic nitrogens is 3. The van der Waals surface area contributed by atoms with Gasteiger partial charge in [0, 0.05) is 48.4 Å². The molecule has 0 bridgehead atoms. The van der Waals surface area contributed by atoms with E-state index in [2.05, 4.69) is 16.5 Å². The van der Waals surface area contributed by atoms with Gasteiger partial charge in [-0.2, -0.15) is 4.98 Å². The van der Waals surface area contributed by atoms with Crippen molar-refractivity contribution in [3.8, 4) is 22.6 Å². The zero-order valence-electron chi connectivity index (χ0n) is 24.2. The van der Waals surface area contributed by atoms with Gasteiger partial charge in [0.15, 0.2) is 17.5 Å². The molecule has 4 heterocycles. The first-order valence-electron chi connectivity index (χ1n) is 14.1. The molecule has 2 aromatic carbocycles. The number of hydrogen-bond donors (Lipinski definition) is 0. The van der Waals surface area contributed by atoms with Gasteiger partial charge >= 0.3 is 5.69 Å². The number of ether oxygens (including phenoxy) is 1. The Hall–Kier alpha value is -4.67. The quantitative estimate of drug-likeness (QED) is 0.296. The molecule has 2 aliphatic heterocycles. The molecule has 222 valence electrons. The maximum absolute atomic E-state index is 17.1. The summed E-state index contributed by atoms with van der Waals surface area (Å²) in [5, 5.41) is 0.254. The Morgan fingerprint density at radius 2 is 1.91 bits per heavy atom. The molecule has 4 aromatic rings. The molecule has 43 heavy (non-hydrogen) atoms. The van der Waals surface area contributed by atoms with E-state index in [1.54, 1.807) is 24.1 Å². The highest BCUT2D eigenvalue weighted by Gasteiger charge is 2.34. The van der Waals surface area contributed by atoms with Crippen molar-refractivity contribution in [3.63, 3.8) is 0 Å². The number of aryl methyl sites for hydroxylation is 1. The van der Waals surface area contributed by atoms with Gasteiger partial charge in [0.05, 0.1) is 22.5 Å². The minimum absolute atomic E-state index is 0.00960. The van der Waals surface area contributed by atoms with Gasteiger partial charge in [-0.1, -0.05) is 26.5 Å². The van der Waals surface area contributed by atoms with Gasteiger partial charge in [0.2, 0.25) is 5.91 Å². The molecule has 0 unspecified atom stereocenters. The summed E-state index contributed by atoms with van der Waals surface area (Å²) in [7, 11) is 0. The van der Waals surface area contributed by atoms with Crippen molar-refractivity contribution in [1.29, 1.82) is 0 Å². The molecular weight excluding hydrogens is 559 g/mol. The van der Waals surface area contributed by atoms with Gasteiger partial charge in [0.25, 0.3) is 0 Å². The van der Waals surface area contributed by atoms with E-state index in [4.69, 9.17) is 4.74 Å². The standard InChI is InChI=1S/C32H30F3N5O3/c1-6-23(41)38-11-12-39(18(5)14-38)31-20-13-22-25(24-19(15-43-22)7-8-21(33)26(24)34)27(35)30(20)40(32(42)37-31)29-17(4)9-10-36-28(29)16(2)3/h6-10,13,16,18H,1,11-12,14-15H2,2-5H3/t18-/m0/s1. The number of piperazine rings is 1. The second-order valence-electron chi connectivity index (χ2n) is 11.2. The molecule has 0 N–H and O–H groups in total. The van der Waals surface area contributed by atoms with Crippen molar-refractivity contribution in [2.75, 3.05) is 24.5 Å². The number of anilines is 1. The van der Waals surface area contributed by atoms with Crippen LogP contribution in [0.3, 0.4) is 0 Å². The number of carbonyl (C=O) groups excluding carboxylic acids is 1. The minimum atomic E-state index is -1.19. The average Bonchev–Trinajstić information content (AvgIpc) is 2.98. The van der Waals surface area contributed by atoms with E-state index >= 15 is 8.78 Å². The summed E-state index contributed by atoms with van der Waals surface area (Å²) in [5.74, 6) is -3.39. The second kappa shape index (κ2) is 10.6. The molecule has 0 aliphatic carbocycles. The van der Waals surface area contributed by atoms with Gasteiger partial charge in [-0.3, -0.25) is 14.3 Å². The third-order valence-corrected chi connectivity index (χ3v) is 8.19. The summed E-state index contributed by atoms with van der Waals surface area (Å²) in [6.07, 6.45) is 2.87. The molecule has 1 atom stereocenters. The van der Waals surface area contributed by atoms with Crippen molar-refractivity contribution in [3.05, 3.63) is 87.9 Å². The molecule has 2 aliphatic rings. The van der Waals surface area contributed by atoms with Crippen LogP contribution in [0.15, 0.2) is 47.9 Å². The van der Waals surface area contributed by atoms with E-state index in [9.17, 15) is 14.0 Å². The van der Waals surface area contributed by atoms with E-state index < -0.39 is 23.1 Å². The summed E-state index contributed by atoms with van der Waals surface area (Å²) in [5.41, 5.74) is 0.451. The molecule has 2 aromatic heterocycles. The van der Waals surface area contributed by atoms with E-state index in [0.29, 0.717) is 36.6 Å². The van der Waals surface area contributed by atoms with Crippen LogP contribution in [-0.4, -0.2) is 51.0 Å². The predicted molar refractivity (Wildman–Crippen MR) is 157 cm³/mol. The fraction of sp³-hybridized carbons (Fsp3) is 0.312. The lowest BCUT2D eigenvalue weighted by molar-refractivity contribution is -0.126. The largest absolute Gasteiger partial charge is 0.488 e. The summed E-state index contributed by atoms with van der Waals surface area (Å²) in [4.78, 5) is 38.8. The van der Waals surface area contributed by atoms with Crippen molar-refractivity contribution in [2.45, 2.75) is 46.3 Å². The molecule has 1 amide bonds. The molecule has 0 radical (unpaired) electrons. The first kappa shape index (κ1) is 28.4. The first-order chi connectivity index (χ1) is 20.5. The Labute approximate surface area is 246 Å². The van der Waals surface area contributed by atoms with Crippen LogP contribution in [0.5, 0.6) is 5.75 Å². The van der Waals surface area contributed by atoms with Crippen LogP contribution in [0.4, 0.5) is 19.0 Å². The molecule has 0 spiro atoms. The van der Waals surface area contributed by atoms with Crippen LogP contribution in [0, 0.1) is 24.4 Å². The summed E-state index contributed by atoms with van der Waals surface area (Å²) >= 11 is 0. The summed E-state index contributed by atoms with van der Waals surface area (Å²) in [6.45, 7) is 11.9. The molecule has 11 heteroatoms. The van der Waals surface area contributed by atoms with Gasteiger partial charge in [-0.25, -0.2) is 18.0 Å². The Kier molecular flexibility index (Phi) is 6.98. The minimum Gasteiger partial charge on any atom is -0.488 e. The third-order valence-electron chi connectivity index (χ3n) is 8.19. The van der Waals surface area contributed by atoms with Crippen LogP contribution in [-0.2, 0) is 11.4 Å². The van der Waals surface area contributed by atoms with Gasteiger partial charge in [0.1, 0.15) is 18.2 Å². The van der Waals surface area contributed by atoms with Crippen LogP contribution >= 0.6 is 0 Å². The first-order valence-corrected chi connectivity index (χ1v) is 14.1.